The SMILES string of the molecule is [N-]=[N+]=NCC(=O)NC(=O)c1ccc[nH]1. The van der Waals surface area contributed by atoms with Gasteiger partial charge in [0.05, 0.1) is 0 Å². The van der Waals surface area contributed by atoms with E-state index >= 15 is 0 Å². The number of aromatic amines is 1. The molecule has 2 N–H and O–H groups in total. The molecule has 7 heteroatoms. The number of H-pyrrole nitrogens is 1. The summed E-state index contributed by atoms with van der Waals surface area (Å²) in [6.45, 7) is -0.386. The molecule has 0 fully saturated rings. The third-order valence-corrected chi connectivity index (χ3v) is 1.37. The summed E-state index contributed by atoms with van der Waals surface area (Å²) in [4.78, 5) is 27.1. The van der Waals surface area contributed by atoms with Crippen LogP contribution in [0.15, 0.2) is 23.4 Å². The van der Waals surface area contributed by atoms with Gasteiger partial charge in [-0.25, -0.2) is 0 Å². The van der Waals surface area contributed by atoms with E-state index in [1.54, 1.807) is 12.3 Å². The molecule has 0 aromatic carbocycles. The minimum atomic E-state index is -0.637. The topological polar surface area (TPSA) is 111 Å². The molecule has 0 atom stereocenters. The van der Waals surface area contributed by atoms with E-state index < -0.39 is 11.8 Å². The fraction of sp³-hybridized carbons (Fsp3) is 0.143. The molecule has 0 saturated carbocycles. The van der Waals surface area contributed by atoms with Crippen LogP contribution in [0.1, 0.15) is 10.5 Å². The first-order chi connectivity index (χ1) is 6.74. The lowest BCUT2D eigenvalue weighted by Crippen LogP contribution is -2.32. The Balaban J connectivity index is 2.49. The van der Waals surface area contributed by atoms with E-state index in [1.807, 2.05) is 5.32 Å². The molecule has 0 radical (unpaired) electrons. The van der Waals surface area contributed by atoms with Crippen LogP contribution in [0.4, 0.5) is 0 Å². The number of rotatable bonds is 3. The molecule has 72 valence electrons. The number of hydrogen-bond acceptors (Lipinski definition) is 3. The zero-order valence-corrected chi connectivity index (χ0v) is 7.10. The molecule has 0 spiro atoms. The van der Waals surface area contributed by atoms with Crippen molar-refractivity contribution in [2.24, 2.45) is 5.11 Å². The highest BCUT2D eigenvalue weighted by molar-refractivity contribution is 6.04. The average molecular weight is 193 g/mol. The number of carbonyl (C=O) groups excluding carboxylic acids is 2. The number of nitrogens with zero attached hydrogens (tertiary/aromatic N) is 3. The maximum atomic E-state index is 11.2. The molecule has 7 nitrogen and oxygen atoms in total. The molecular weight excluding hydrogens is 186 g/mol. The number of hydrogen-bond donors (Lipinski definition) is 2. The summed E-state index contributed by atoms with van der Waals surface area (Å²) >= 11 is 0. The lowest BCUT2D eigenvalue weighted by molar-refractivity contribution is -0.118. The molecular formula is C7H7N5O2. The van der Waals surface area contributed by atoms with E-state index in [4.69, 9.17) is 5.53 Å². The van der Waals surface area contributed by atoms with Gasteiger partial charge in [-0.05, 0) is 17.7 Å². The fourth-order valence-corrected chi connectivity index (χ4v) is 0.801. The largest absolute Gasteiger partial charge is 0.357 e. The van der Waals surface area contributed by atoms with E-state index in [2.05, 4.69) is 15.0 Å². The van der Waals surface area contributed by atoms with Crippen molar-refractivity contribution in [3.8, 4) is 0 Å². The third-order valence-electron chi connectivity index (χ3n) is 1.37. The smallest absolute Gasteiger partial charge is 0.274 e. The predicted molar refractivity (Wildman–Crippen MR) is 47.3 cm³/mol. The molecule has 0 bridgehead atoms. The van der Waals surface area contributed by atoms with E-state index in [0.717, 1.165) is 0 Å². The Morgan fingerprint density at radius 1 is 1.64 bits per heavy atom. The van der Waals surface area contributed by atoms with Gasteiger partial charge in [0.15, 0.2) is 0 Å². The Labute approximate surface area is 78.7 Å². The van der Waals surface area contributed by atoms with Crippen LogP contribution in [-0.4, -0.2) is 23.3 Å². The maximum Gasteiger partial charge on any atom is 0.274 e. The summed E-state index contributed by atoms with van der Waals surface area (Å²) in [5.41, 5.74) is 8.20. The second-order valence-electron chi connectivity index (χ2n) is 2.35. The first-order valence-electron chi connectivity index (χ1n) is 3.72. The quantitative estimate of drug-likeness (QED) is 0.415. The molecule has 1 aromatic rings. The van der Waals surface area contributed by atoms with Crippen molar-refractivity contribution in [2.75, 3.05) is 6.54 Å². The first-order valence-corrected chi connectivity index (χ1v) is 3.72. The van der Waals surface area contributed by atoms with Gasteiger partial charge < -0.3 is 4.98 Å². The second-order valence-corrected chi connectivity index (χ2v) is 2.35. The van der Waals surface area contributed by atoms with Gasteiger partial charge in [-0.3, -0.25) is 14.9 Å². The van der Waals surface area contributed by atoms with Crippen molar-refractivity contribution in [1.29, 1.82) is 0 Å². The number of aromatic nitrogens is 1. The lowest BCUT2D eigenvalue weighted by atomic mass is 10.4. The van der Waals surface area contributed by atoms with E-state index in [0.29, 0.717) is 0 Å². The molecule has 1 rings (SSSR count). The van der Waals surface area contributed by atoms with Gasteiger partial charge >= 0.3 is 0 Å². The summed E-state index contributed by atoms with van der Waals surface area (Å²) in [6, 6.07) is 3.16. The third kappa shape index (κ3) is 2.65. The molecule has 1 aromatic heterocycles. The van der Waals surface area contributed by atoms with Gasteiger partial charge in [-0.1, -0.05) is 5.11 Å². The van der Waals surface area contributed by atoms with Gasteiger partial charge in [-0.2, -0.15) is 0 Å². The molecule has 0 aliphatic rings. The number of imide groups is 1. The van der Waals surface area contributed by atoms with Crippen molar-refractivity contribution in [3.63, 3.8) is 0 Å². The highest BCUT2D eigenvalue weighted by Gasteiger charge is 2.09. The lowest BCUT2D eigenvalue weighted by Gasteiger charge is -1.98. The normalized spacial score (nSPS) is 8.86. The summed E-state index contributed by atoms with van der Waals surface area (Å²) in [6.07, 6.45) is 1.56. The highest BCUT2D eigenvalue weighted by atomic mass is 16.2. The van der Waals surface area contributed by atoms with Crippen molar-refractivity contribution in [1.82, 2.24) is 10.3 Å². The molecule has 1 heterocycles. The van der Waals surface area contributed by atoms with E-state index in [1.165, 1.54) is 6.07 Å². The van der Waals surface area contributed by atoms with Crippen molar-refractivity contribution in [3.05, 3.63) is 34.5 Å². The highest BCUT2D eigenvalue weighted by Crippen LogP contribution is 1.93. The molecule has 0 saturated heterocycles. The monoisotopic (exact) mass is 193 g/mol. The fourth-order valence-electron chi connectivity index (χ4n) is 0.801. The van der Waals surface area contributed by atoms with Crippen LogP contribution in [0.25, 0.3) is 10.4 Å². The average Bonchev–Trinajstić information content (AvgIpc) is 2.67. The van der Waals surface area contributed by atoms with Crippen LogP contribution in [-0.2, 0) is 4.79 Å². The Bertz CT molecular complexity index is 377. The molecule has 0 aliphatic carbocycles. The summed E-state index contributed by atoms with van der Waals surface area (Å²) in [7, 11) is 0. The Hall–Kier alpha value is -2.27. The van der Waals surface area contributed by atoms with Crippen LogP contribution < -0.4 is 5.32 Å². The first kappa shape index (κ1) is 9.82. The number of nitrogens with one attached hydrogen (secondary N) is 2. The zero-order valence-electron chi connectivity index (χ0n) is 7.10. The second kappa shape index (κ2) is 4.68. The van der Waals surface area contributed by atoms with Crippen LogP contribution in [0.2, 0.25) is 0 Å². The van der Waals surface area contributed by atoms with Crippen LogP contribution in [0, 0.1) is 0 Å². The summed E-state index contributed by atoms with van der Waals surface area (Å²) in [5, 5.41) is 5.06. The van der Waals surface area contributed by atoms with Crippen LogP contribution in [0.5, 0.6) is 0 Å². The van der Waals surface area contributed by atoms with Gasteiger partial charge in [0.1, 0.15) is 12.2 Å². The van der Waals surface area contributed by atoms with Gasteiger partial charge in [-0.15, -0.1) is 0 Å². The van der Waals surface area contributed by atoms with Gasteiger partial charge in [0.2, 0.25) is 5.91 Å². The Kier molecular flexibility index (Phi) is 3.28. The molecule has 0 unspecified atom stereocenters. The minimum absolute atomic E-state index is 0.277. The van der Waals surface area contributed by atoms with Crippen molar-refractivity contribution in [2.45, 2.75) is 0 Å². The number of carbonyl (C=O) groups is 2. The molecule has 2 amide bonds. The van der Waals surface area contributed by atoms with Crippen molar-refractivity contribution >= 4 is 11.8 Å². The molecule has 14 heavy (non-hydrogen) atoms. The number of amides is 2. The summed E-state index contributed by atoms with van der Waals surface area (Å²) < 4.78 is 0. The maximum absolute atomic E-state index is 11.2. The van der Waals surface area contributed by atoms with E-state index in [9.17, 15) is 9.59 Å². The number of azide groups is 1. The van der Waals surface area contributed by atoms with Gasteiger partial charge in [0.25, 0.3) is 5.91 Å². The van der Waals surface area contributed by atoms with E-state index in [-0.39, 0.29) is 12.2 Å². The van der Waals surface area contributed by atoms with Crippen molar-refractivity contribution < 1.29 is 9.59 Å². The van der Waals surface area contributed by atoms with Gasteiger partial charge in [0, 0.05) is 11.1 Å². The van der Waals surface area contributed by atoms with Crippen LogP contribution in [0.3, 0.4) is 0 Å². The zero-order chi connectivity index (χ0) is 10.4. The Morgan fingerprint density at radius 3 is 3.00 bits per heavy atom. The predicted octanol–water partition coefficient (Wildman–Crippen LogP) is 0.581. The standard InChI is InChI=1S/C7H7N5O2/c8-12-10-4-6(13)11-7(14)5-2-1-3-9-5/h1-3,9H,4H2,(H,11,13,14). The summed E-state index contributed by atoms with van der Waals surface area (Å²) in [5.74, 6) is -1.18. The molecule has 0 aliphatic heterocycles. The minimum Gasteiger partial charge on any atom is -0.357 e. The Morgan fingerprint density at radius 2 is 2.43 bits per heavy atom. The van der Waals surface area contributed by atoms with Crippen LogP contribution >= 0.6 is 0 Å².